The Morgan fingerprint density at radius 3 is 2.74 bits per heavy atom. The van der Waals surface area contributed by atoms with Gasteiger partial charge in [0.1, 0.15) is 5.60 Å². The van der Waals surface area contributed by atoms with Crippen LogP contribution in [0.4, 0.5) is 10.5 Å². The van der Waals surface area contributed by atoms with Gasteiger partial charge in [0.15, 0.2) is 0 Å². The molecule has 0 aromatic heterocycles. The van der Waals surface area contributed by atoms with Gasteiger partial charge in [0.05, 0.1) is 0 Å². The number of rotatable bonds is 4. The monoisotopic (exact) mass is 262 g/mol. The van der Waals surface area contributed by atoms with Crippen LogP contribution < -0.4 is 10.6 Å². The lowest BCUT2D eigenvalue weighted by atomic mass is 10.2. The highest BCUT2D eigenvalue weighted by molar-refractivity contribution is 5.67. The molecular formula is C15H22N2O2. The number of anilines is 1. The molecule has 0 spiro atoms. The minimum atomic E-state index is -0.459. The van der Waals surface area contributed by atoms with E-state index in [0.29, 0.717) is 12.6 Å². The molecule has 1 amide bonds. The lowest BCUT2D eigenvalue weighted by molar-refractivity contribution is 0.0523. The van der Waals surface area contributed by atoms with Gasteiger partial charge >= 0.3 is 6.09 Å². The molecule has 1 aromatic rings. The molecule has 19 heavy (non-hydrogen) atoms. The van der Waals surface area contributed by atoms with Gasteiger partial charge in [-0.1, -0.05) is 12.1 Å². The number of hydrogen-bond acceptors (Lipinski definition) is 3. The number of carbonyl (C=O) groups is 1. The van der Waals surface area contributed by atoms with Crippen LogP contribution in [0.15, 0.2) is 24.3 Å². The van der Waals surface area contributed by atoms with Crippen LogP contribution in [0.5, 0.6) is 0 Å². The smallest absolute Gasteiger partial charge is 0.407 e. The van der Waals surface area contributed by atoms with E-state index < -0.39 is 5.60 Å². The molecule has 0 bridgehead atoms. The SMILES string of the molecule is CC(C)(C)OC(=O)NCc1cccc(NC2CC2)c1. The summed E-state index contributed by atoms with van der Waals surface area (Å²) in [6.07, 6.45) is 2.12. The van der Waals surface area contributed by atoms with Crippen LogP contribution in [0.3, 0.4) is 0 Å². The molecule has 2 rings (SSSR count). The summed E-state index contributed by atoms with van der Waals surface area (Å²) in [7, 11) is 0. The van der Waals surface area contributed by atoms with E-state index in [1.807, 2.05) is 32.9 Å². The Balaban J connectivity index is 1.83. The molecule has 1 aromatic carbocycles. The van der Waals surface area contributed by atoms with E-state index in [0.717, 1.165) is 11.3 Å². The zero-order valence-electron chi connectivity index (χ0n) is 11.8. The molecule has 1 saturated carbocycles. The lowest BCUT2D eigenvalue weighted by Gasteiger charge is -2.19. The standard InChI is InChI=1S/C15H22N2O2/c1-15(2,3)19-14(18)16-10-11-5-4-6-13(9-11)17-12-7-8-12/h4-6,9,12,17H,7-8,10H2,1-3H3,(H,16,18). The van der Waals surface area contributed by atoms with Crippen molar-refractivity contribution in [2.75, 3.05) is 5.32 Å². The zero-order chi connectivity index (χ0) is 13.9. The highest BCUT2D eigenvalue weighted by atomic mass is 16.6. The van der Waals surface area contributed by atoms with Crippen molar-refractivity contribution in [3.8, 4) is 0 Å². The Morgan fingerprint density at radius 2 is 2.11 bits per heavy atom. The van der Waals surface area contributed by atoms with Gasteiger partial charge in [-0.15, -0.1) is 0 Å². The highest BCUT2D eigenvalue weighted by Gasteiger charge is 2.20. The normalized spacial score (nSPS) is 14.9. The van der Waals surface area contributed by atoms with Crippen LogP contribution in [0, 0.1) is 0 Å². The molecule has 4 nitrogen and oxygen atoms in total. The van der Waals surface area contributed by atoms with Gasteiger partial charge < -0.3 is 15.4 Å². The summed E-state index contributed by atoms with van der Waals surface area (Å²) in [6.45, 7) is 6.04. The first kappa shape index (κ1) is 13.7. The molecule has 1 aliphatic rings. The van der Waals surface area contributed by atoms with Crippen LogP contribution in [0.25, 0.3) is 0 Å². The van der Waals surface area contributed by atoms with E-state index in [1.165, 1.54) is 12.8 Å². The highest BCUT2D eigenvalue weighted by Crippen LogP contribution is 2.24. The molecular weight excluding hydrogens is 240 g/mol. The Bertz CT molecular complexity index is 448. The molecule has 2 N–H and O–H groups in total. The lowest BCUT2D eigenvalue weighted by Crippen LogP contribution is -2.32. The molecule has 4 heteroatoms. The quantitative estimate of drug-likeness (QED) is 0.875. The summed E-state index contributed by atoms with van der Waals surface area (Å²) in [6, 6.07) is 8.74. The molecule has 0 unspecified atom stereocenters. The largest absolute Gasteiger partial charge is 0.444 e. The van der Waals surface area contributed by atoms with Crippen molar-refractivity contribution in [2.45, 2.75) is 51.8 Å². The first-order valence-corrected chi connectivity index (χ1v) is 6.75. The number of benzene rings is 1. The second-order valence-electron chi connectivity index (χ2n) is 5.97. The maximum absolute atomic E-state index is 11.6. The maximum atomic E-state index is 11.6. The Morgan fingerprint density at radius 1 is 1.37 bits per heavy atom. The summed E-state index contributed by atoms with van der Waals surface area (Å²) in [4.78, 5) is 11.6. The number of carbonyl (C=O) groups excluding carboxylic acids is 1. The number of amides is 1. The Hall–Kier alpha value is -1.71. The summed E-state index contributed by atoms with van der Waals surface area (Å²) in [5, 5.41) is 6.20. The number of alkyl carbamates (subject to hydrolysis) is 1. The fourth-order valence-corrected chi connectivity index (χ4v) is 1.72. The van der Waals surface area contributed by atoms with Gasteiger partial charge in [-0.25, -0.2) is 4.79 Å². The van der Waals surface area contributed by atoms with E-state index in [2.05, 4.69) is 22.8 Å². The van der Waals surface area contributed by atoms with Crippen LogP contribution in [-0.2, 0) is 11.3 Å². The second-order valence-corrected chi connectivity index (χ2v) is 5.97. The average molecular weight is 262 g/mol. The van der Waals surface area contributed by atoms with Crippen molar-refractivity contribution in [1.29, 1.82) is 0 Å². The van der Waals surface area contributed by atoms with Crippen molar-refractivity contribution in [3.63, 3.8) is 0 Å². The second kappa shape index (κ2) is 5.51. The van der Waals surface area contributed by atoms with Gasteiger partial charge in [-0.2, -0.15) is 0 Å². The third-order valence-corrected chi connectivity index (χ3v) is 2.71. The van der Waals surface area contributed by atoms with Gasteiger partial charge in [0, 0.05) is 18.3 Å². The molecule has 1 aliphatic carbocycles. The predicted molar refractivity (Wildman–Crippen MR) is 76.2 cm³/mol. The third kappa shape index (κ3) is 5.20. The summed E-state index contributed by atoms with van der Waals surface area (Å²) in [5.74, 6) is 0. The van der Waals surface area contributed by atoms with Crippen molar-refractivity contribution < 1.29 is 9.53 Å². The predicted octanol–water partition coefficient (Wildman–Crippen LogP) is 3.29. The fourth-order valence-electron chi connectivity index (χ4n) is 1.72. The average Bonchev–Trinajstić information content (AvgIpc) is 3.08. The molecule has 0 saturated heterocycles. The van der Waals surface area contributed by atoms with Crippen LogP contribution in [0.1, 0.15) is 39.2 Å². The van der Waals surface area contributed by atoms with Crippen molar-refractivity contribution in [2.24, 2.45) is 0 Å². The van der Waals surface area contributed by atoms with Crippen molar-refractivity contribution in [3.05, 3.63) is 29.8 Å². The number of hydrogen-bond donors (Lipinski definition) is 2. The number of ether oxygens (including phenoxy) is 1. The summed E-state index contributed by atoms with van der Waals surface area (Å²) >= 11 is 0. The van der Waals surface area contributed by atoms with Crippen LogP contribution in [0.2, 0.25) is 0 Å². The van der Waals surface area contributed by atoms with Gasteiger partial charge in [0.2, 0.25) is 0 Å². The fraction of sp³-hybridized carbons (Fsp3) is 0.533. The molecule has 104 valence electrons. The molecule has 0 radical (unpaired) electrons. The molecule has 0 aliphatic heterocycles. The van der Waals surface area contributed by atoms with Crippen LogP contribution >= 0.6 is 0 Å². The molecule has 0 heterocycles. The minimum Gasteiger partial charge on any atom is -0.444 e. The van der Waals surface area contributed by atoms with E-state index in [-0.39, 0.29) is 6.09 Å². The topological polar surface area (TPSA) is 50.4 Å². The van der Waals surface area contributed by atoms with Crippen LogP contribution in [-0.4, -0.2) is 17.7 Å². The number of nitrogens with one attached hydrogen (secondary N) is 2. The summed E-state index contributed by atoms with van der Waals surface area (Å²) < 4.78 is 5.20. The molecule has 1 fully saturated rings. The van der Waals surface area contributed by atoms with Crippen molar-refractivity contribution in [1.82, 2.24) is 5.32 Å². The minimum absolute atomic E-state index is 0.381. The van der Waals surface area contributed by atoms with Gasteiger partial charge in [0.25, 0.3) is 0 Å². The van der Waals surface area contributed by atoms with Gasteiger partial charge in [-0.05, 0) is 51.3 Å². The van der Waals surface area contributed by atoms with Gasteiger partial charge in [-0.3, -0.25) is 0 Å². The zero-order valence-corrected chi connectivity index (χ0v) is 11.8. The first-order chi connectivity index (χ1) is 8.92. The van der Waals surface area contributed by atoms with E-state index in [1.54, 1.807) is 0 Å². The Kier molecular flexibility index (Phi) is 3.98. The third-order valence-electron chi connectivity index (χ3n) is 2.71. The van der Waals surface area contributed by atoms with Crippen molar-refractivity contribution >= 4 is 11.8 Å². The van der Waals surface area contributed by atoms with E-state index in [9.17, 15) is 4.79 Å². The first-order valence-electron chi connectivity index (χ1n) is 6.75. The van der Waals surface area contributed by atoms with E-state index >= 15 is 0 Å². The van der Waals surface area contributed by atoms with E-state index in [4.69, 9.17) is 4.74 Å². The summed E-state index contributed by atoms with van der Waals surface area (Å²) in [5.41, 5.74) is 1.72. The molecule has 0 atom stereocenters. The maximum Gasteiger partial charge on any atom is 0.407 e. The Labute approximate surface area is 114 Å².